The Labute approximate surface area is 189 Å². The average Bonchev–Trinajstić information content (AvgIpc) is 2.78. The summed E-state index contributed by atoms with van der Waals surface area (Å²) >= 11 is 0. The second-order valence-electron chi connectivity index (χ2n) is 8.18. The minimum Gasteiger partial charge on any atom is -0.352 e. The van der Waals surface area contributed by atoms with Gasteiger partial charge in [0.05, 0.1) is 6.42 Å². The Kier molecular flexibility index (Phi) is 8.14. The zero-order valence-electron chi connectivity index (χ0n) is 18.5. The predicted molar refractivity (Wildman–Crippen MR) is 124 cm³/mol. The van der Waals surface area contributed by atoms with Crippen molar-refractivity contribution in [3.05, 3.63) is 107 Å². The molecule has 0 radical (unpaired) electrons. The molecule has 0 aliphatic heterocycles. The highest BCUT2D eigenvalue weighted by molar-refractivity contribution is 5.89. The summed E-state index contributed by atoms with van der Waals surface area (Å²) in [4.78, 5) is 28.4. The lowest BCUT2D eigenvalue weighted by Crippen LogP contribution is -2.52. The van der Waals surface area contributed by atoms with Crippen molar-refractivity contribution in [1.82, 2.24) is 10.2 Å². The Balaban J connectivity index is 1.93. The number of carbonyl (C=O) groups is 2. The van der Waals surface area contributed by atoms with Crippen molar-refractivity contribution in [2.45, 2.75) is 45.3 Å². The lowest BCUT2D eigenvalue weighted by Gasteiger charge is -2.32. The first-order valence-electron chi connectivity index (χ1n) is 10.8. The molecule has 0 heterocycles. The van der Waals surface area contributed by atoms with Crippen LogP contribution in [0.3, 0.4) is 0 Å². The van der Waals surface area contributed by atoms with E-state index in [1.807, 2.05) is 74.5 Å². The van der Waals surface area contributed by atoms with Gasteiger partial charge in [-0.2, -0.15) is 0 Å². The highest BCUT2D eigenvalue weighted by Crippen LogP contribution is 2.17. The fourth-order valence-corrected chi connectivity index (χ4v) is 3.59. The third kappa shape index (κ3) is 6.77. The number of halogens is 1. The van der Waals surface area contributed by atoms with Crippen LogP contribution in [0.15, 0.2) is 84.9 Å². The van der Waals surface area contributed by atoms with E-state index in [0.717, 1.165) is 11.1 Å². The van der Waals surface area contributed by atoms with Gasteiger partial charge < -0.3 is 10.2 Å². The molecule has 2 amide bonds. The first-order valence-corrected chi connectivity index (χ1v) is 10.8. The zero-order chi connectivity index (χ0) is 22.9. The first-order chi connectivity index (χ1) is 15.4. The third-order valence-corrected chi connectivity index (χ3v) is 5.17. The number of amides is 2. The van der Waals surface area contributed by atoms with Crippen LogP contribution in [-0.4, -0.2) is 28.8 Å². The molecule has 3 rings (SSSR count). The van der Waals surface area contributed by atoms with Crippen molar-refractivity contribution in [3.63, 3.8) is 0 Å². The Bertz CT molecular complexity index is 1000. The number of hydrogen-bond acceptors (Lipinski definition) is 2. The molecular weight excluding hydrogens is 403 g/mol. The van der Waals surface area contributed by atoms with E-state index in [-0.39, 0.29) is 30.1 Å². The highest BCUT2D eigenvalue weighted by atomic mass is 19.1. The van der Waals surface area contributed by atoms with Gasteiger partial charge in [-0.3, -0.25) is 9.59 Å². The monoisotopic (exact) mass is 432 g/mol. The molecule has 0 saturated carbocycles. The summed E-state index contributed by atoms with van der Waals surface area (Å²) in [7, 11) is 0. The van der Waals surface area contributed by atoms with Gasteiger partial charge in [0, 0.05) is 19.0 Å². The maximum absolute atomic E-state index is 13.5. The smallest absolute Gasteiger partial charge is 0.243 e. The highest BCUT2D eigenvalue weighted by Gasteiger charge is 2.30. The molecule has 0 spiro atoms. The molecule has 0 aliphatic carbocycles. The van der Waals surface area contributed by atoms with E-state index >= 15 is 0 Å². The van der Waals surface area contributed by atoms with Crippen molar-refractivity contribution >= 4 is 11.8 Å². The van der Waals surface area contributed by atoms with E-state index in [2.05, 4.69) is 5.32 Å². The van der Waals surface area contributed by atoms with Crippen molar-refractivity contribution in [3.8, 4) is 0 Å². The molecular formula is C27H29FN2O2. The quantitative estimate of drug-likeness (QED) is 0.540. The Morgan fingerprint density at radius 2 is 1.38 bits per heavy atom. The largest absolute Gasteiger partial charge is 0.352 e. The van der Waals surface area contributed by atoms with Crippen molar-refractivity contribution in [2.24, 2.45) is 0 Å². The number of nitrogens with one attached hydrogen (secondary N) is 1. The van der Waals surface area contributed by atoms with Crippen LogP contribution >= 0.6 is 0 Å². The van der Waals surface area contributed by atoms with Crippen LogP contribution in [-0.2, 0) is 29.0 Å². The van der Waals surface area contributed by atoms with Crippen LogP contribution in [0.5, 0.6) is 0 Å². The second kappa shape index (κ2) is 11.2. The van der Waals surface area contributed by atoms with E-state index in [1.165, 1.54) is 12.1 Å². The lowest BCUT2D eigenvalue weighted by atomic mass is 10.0. The van der Waals surface area contributed by atoms with Crippen LogP contribution in [0.1, 0.15) is 30.5 Å². The minimum atomic E-state index is -0.673. The Morgan fingerprint density at radius 1 is 0.812 bits per heavy atom. The Hall–Kier alpha value is -3.47. The molecule has 3 aromatic rings. The fraction of sp³-hybridized carbons (Fsp3) is 0.259. The molecule has 1 N–H and O–H groups in total. The number of benzene rings is 3. The molecule has 32 heavy (non-hydrogen) atoms. The number of rotatable bonds is 9. The van der Waals surface area contributed by atoms with E-state index in [4.69, 9.17) is 0 Å². The summed E-state index contributed by atoms with van der Waals surface area (Å²) in [6.45, 7) is 4.11. The molecule has 0 bridgehead atoms. The van der Waals surface area contributed by atoms with Gasteiger partial charge in [0.15, 0.2) is 0 Å². The van der Waals surface area contributed by atoms with Crippen LogP contribution in [0, 0.1) is 5.82 Å². The van der Waals surface area contributed by atoms with Gasteiger partial charge in [-0.1, -0.05) is 72.8 Å². The van der Waals surface area contributed by atoms with Gasteiger partial charge in [0.1, 0.15) is 11.9 Å². The molecule has 4 nitrogen and oxygen atoms in total. The number of nitrogens with zero attached hydrogens (tertiary/aromatic N) is 1. The van der Waals surface area contributed by atoms with Gasteiger partial charge in [-0.25, -0.2) is 4.39 Å². The average molecular weight is 433 g/mol. The molecule has 0 saturated heterocycles. The maximum Gasteiger partial charge on any atom is 0.243 e. The molecule has 3 aromatic carbocycles. The standard InChI is InChI=1S/C27H29FN2O2/c1-20(2)29-27(32)25(17-21-9-5-3-6-10-21)30(19-23-11-7-4-8-12-23)26(31)18-22-13-15-24(28)16-14-22/h3-16,20,25H,17-19H2,1-2H3,(H,29,32)/t25-/m0/s1. The van der Waals surface area contributed by atoms with E-state index in [0.29, 0.717) is 18.5 Å². The summed E-state index contributed by atoms with van der Waals surface area (Å²) in [5.41, 5.74) is 2.62. The van der Waals surface area contributed by atoms with Crippen LogP contribution in [0.4, 0.5) is 4.39 Å². The van der Waals surface area contributed by atoms with Crippen molar-refractivity contribution in [1.29, 1.82) is 0 Å². The molecule has 5 heteroatoms. The van der Waals surface area contributed by atoms with E-state index in [1.54, 1.807) is 17.0 Å². The number of hydrogen-bond donors (Lipinski definition) is 1. The molecule has 0 fully saturated rings. The SMILES string of the molecule is CC(C)NC(=O)[C@H](Cc1ccccc1)N(Cc1ccccc1)C(=O)Cc1ccc(F)cc1. The Morgan fingerprint density at radius 3 is 1.94 bits per heavy atom. The van der Waals surface area contributed by atoms with Crippen LogP contribution in [0.2, 0.25) is 0 Å². The van der Waals surface area contributed by atoms with Crippen molar-refractivity contribution < 1.29 is 14.0 Å². The van der Waals surface area contributed by atoms with Crippen LogP contribution < -0.4 is 5.32 Å². The van der Waals surface area contributed by atoms with E-state index < -0.39 is 6.04 Å². The lowest BCUT2D eigenvalue weighted by molar-refractivity contribution is -0.141. The van der Waals surface area contributed by atoms with Gasteiger partial charge in [-0.15, -0.1) is 0 Å². The first kappa shape index (κ1) is 23.2. The van der Waals surface area contributed by atoms with E-state index in [9.17, 15) is 14.0 Å². The van der Waals surface area contributed by atoms with Gasteiger partial charge in [0.2, 0.25) is 11.8 Å². The van der Waals surface area contributed by atoms with Gasteiger partial charge in [0.25, 0.3) is 0 Å². The summed E-state index contributed by atoms with van der Waals surface area (Å²) in [6, 6.07) is 24.5. The molecule has 0 aliphatic rings. The molecule has 0 unspecified atom stereocenters. The van der Waals surface area contributed by atoms with Gasteiger partial charge >= 0.3 is 0 Å². The van der Waals surface area contributed by atoms with Crippen molar-refractivity contribution in [2.75, 3.05) is 0 Å². The maximum atomic E-state index is 13.5. The number of carbonyl (C=O) groups excluding carboxylic acids is 2. The van der Waals surface area contributed by atoms with Gasteiger partial charge in [-0.05, 0) is 42.7 Å². The molecule has 0 aromatic heterocycles. The topological polar surface area (TPSA) is 49.4 Å². The zero-order valence-corrected chi connectivity index (χ0v) is 18.5. The summed E-state index contributed by atoms with van der Waals surface area (Å²) < 4.78 is 13.3. The predicted octanol–water partition coefficient (Wildman–Crippen LogP) is 4.53. The summed E-state index contributed by atoms with van der Waals surface area (Å²) in [5.74, 6) is -0.715. The summed E-state index contributed by atoms with van der Waals surface area (Å²) in [5, 5.41) is 2.97. The second-order valence-corrected chi connectivity index (χ2v) is 8.18. The molecule has 1 atom stereocenters. The summed E-state index contributed by atoms with van der Waals surface area (Å²) in [6.07, 6.45) is 0.495. The fourth-order valence-electron chi connectivity index (χ4n) is 3.59. The normalized spacial score (nSPS) is 11.8. The minimum absolute atomic E-state index is 0.0495. The van der Waals surface area contributed by atoms with Crippen LogP contribution in [0.25, 0.3) is 0 Å². The molecule has 166 valence electrons. The third-order valence-electron chi connectivity index (χ3n) is 5.17.